The van der Waals surface area contributed by atoms with Crippen LogP contribution in [0.25, 0.3) is 0 Å². The molecular weight excluding hydrogens is 298 g/mol. The van der Waals surface area contributed by atoms with Gasteiger partial charge in [0.25, 0.3) is 5.53 Å². The van der Waals surface area contributed by atoms with Crippen molar-refractivity contribution in [3.8, 4) is 0 Å². The standard InChI is InChI=1S/C9H22O8P2/c1-2-3-4-5-6-7-8-9(10,18(11,12)13)17-19(14,15)16/h10H,2-8H2,1H3,(H2,11,12,13)(H2,14,15,16). The van der Waals surface area contributed by atoms with Gasteiger partial charge in [0.05, 0.1) is 0 Å². The zero-order chi connectivity index (χ0) is 15.2. The minimum absolute atomic E-state index is 0.200. The van der Waals surface area contributed by atoms with E-state index in [1.165, 1.54) is 0 Å². The molecular formula is C9H22O8P2. The van der Waals surface area contributed by atoms with Crippen LogP contribution >= 0.6 is 15.4 Å². The lowest BCUT2D eigenvalue weighted by Gasteiger charge is -2.28. The fourth-order valence-electron chi connectivity index (χ4n) is 1.57. The van der Waals surface area contributed by atoms with Gasteiger partial charge in [-0.15, -0.1) is 0 Å². The Morgan fingerprint density at radius 2 is 1.42 bits per heavy atom. The lowest BCUT2D eigenvalue weighted by Crippen LogP contribution is -2.31. The van der Waals surface area contributed by atoms with E-state index in [2.05, 4.69) is 4.52 Å². The number of hydrogen-bond donors (Lipinski definition) is 5. The van der Waals surface area contributed by atoms with Crippen LogP contribution in [0.4, 0.5) is 0 Å². The van der Waals surface area contributed by atoms with E-state index in [1.807, 2.05) is 6.92 Å². The van der Waals surface area contributed by atoms with Gasteiger partial charge >= 0.3 is 15.4 Å². The topological polar surface area (TPSA) is 145 Å². The van der Waals surface area contributed by atoms with Crippen LogP contribution in [0.5, 0.6) is 0 Å². The smallest absolute Gasteiger partial charge is 0.356 e. The van der Waals surface area contributed by atoms with Crippen LogP contribution in [0.3, 0.4) is 0 Å². The van der Waals surface area contributed by atoms with Gasteiger partial charge in [0.15, 0.2) is 0 Å². The van der Waals surface area contributed by atoms with Crippen LogP contribution in [0.15, 0.2) is 0 Å². The van der Waals surface area contributed by atoms with Crippen LogP contribution in [0.2, 0.25) is 0 Å². The molecule has 0 rings (SSSR count). The van der Waals surface area contributed by atoms with E-state index in [4.69, 9.17) is 19.6 Å². The largest absolute Gasteiger partial charge is 0.472 e. The van der Waals surface area contributed by atoms with Gasteiger partial charge in [0.1, 0.15) is 0 Å². The number of aliphatic hydroxyl groups is 1. The van der Waals surface area contributed by atoms with Gasteiger partial charge in [-0.1, -0.05) is 39.0 Å². The third-order valence-corrected chi connectivity index (χ3v) is 4.49. The first-order valence-corrected chi connectivity index (χ1v) is 9.20. The van der Waals surface area contributed by atoms with Crippen molar-refractivity contribution in [3.05, 3.63) is 0 Å². The van der Waals surface area contributed by atoms with Gasteiger partial charge in [0.2, 0.25) is 0 Å². The molecule has 0 spiro atoms. The van der Waals surface area contributed by atoms with E-state index in [0.29, 0.717) is 6.42 Å². The van der Waals surface area contributed by atoms with Crippen LogP contribution < -0.4 is 0 Å². The second-order valence-electron chi connectivity index (χ2n) is 4.39. The second-order valence-corrected chi connectivity index (χ2v) is 7.34. The highest BCUT2D eigenvalue weighted by molar-refractivity contribution is 7.54. The van der Waals surface area contributed by atoms with Gasteiger partial charge < -0.3 is 24.7 Å². The fraction of sp³-hybridized carbons (Fsp3) is 1.00. The van der Waals surface area contributed by atoms with E-state index in [9.17, 15) is 14.2 Å². The summed E-state index contributed by atoms with van der Waals surface area (Å²) in [7, 11) is -10.4. The molecule has 19 heavy (non-hydrogen) atoms. The third-order valence-electron chi connectivity index (χ3n) is 2.58. The number of rotatable bonds is 10. The average Bonchev–Trinajstić information content (AvgIpc) is 2.19. The second kappa shape index (κ2) is 7.86. The lowest BCUT2D eigenvalue weighted by molar-refractivity contribution is -0.102. The summed E-state index contributed by atoms with van der Waals surface area (Å²) in [4.78, 5) is 35.0. The Kier molecular flexibility index (Phi) is 7.95. The van der Waals surface area contributed by atoms with Crippen LogP contribution in [0.1, 0.15) is 51.9 Å². The number of phosphoric acid groups is 1. The van der Waals surface area contributed by atoms with Crippen molar-refractivity contribution in [2.45, 2.75) is 57.4 Å². The summed E-state index contributed by atoms with van der Waals surface area (Å²) >= 11 is 0. The first-order valence-electron chi connectivity index (χ1n) is 6.06. The van der Waals surface area contributed by atoms with E-state index in [0.717, 1.165) is 25.7 Å². The molecule has 0 heterocycles. The van der Waals surface area contributed by atoms with Crippen molar-refractivity contribution in [2.24, 2.45) is 0 Å². The Balaban J connectivity index is 4.39. The molecule has 0 aromatic rings. The maximum Gasteiger partial charge on any atom is 0.472 e. The van der Waals surface area contributed by atoms with Gasteiger partial charge in [-0.3, -0.25) is 4.57 Å². The van der Waals surface area contributed by atoms with E-state index < -0.39 is 27.4 Å². The summed E-state index contributed by atoms with van der Waals surface area (Å²) in [6, 6.07) is 0. The molecule has 116 valence electrons. The minimum atomic E-state index is -5.20. The van der Waals surface area contributed by atoms with Crippen LogP contribution in [-0.4, -0.2) is 30.2 Å². The molecule has 5 N–H and O–H groups in total. The molecule has 0 aliphatic carbocycles. The van der Waals surface area contributed by atoms with Crippen molar-refractivity contribution in [3.63, 3.8) is 0 Å². The fourth-order valence-corrected chi connectivity index (χ4v) is 3.24. The van der Waals surface area contributed by atoms with Crippen LogP contribution in [-0.2, 0) is 13.7 Å². The lowest BCUT2D eigenvalue weighted by atomic mass is 10.1. The summed E-state index contributed by atoms with van der Waals surface area (Å²) < 4.78 is 25.6. The molecule has 1 unspecified atom stereocenters. The van der Waals surface area contributed by atoms with Gasteiger partial charge in [0, 0.05) is 6.42 Å². The molecule has 0 saturated heterocycles. The van der Waals surface area contributed by atoms with Crippen molar-refractivity contribution in [1.29, 1.82) is 0 Å². The van der Waals surface area contributed by atoms with Crippen molar-refractivity contribution in [1.82, 2.24) is 0 Å². The Hall–Kier alpha value is 0.220. The maximum absolute atomic E-state index is 11.1. The zero-order valence-corrected chi connectivity index (χ0v) is 12.6. The SMILES string of the molecule is CCCCCCCCC(O)(OP(=O)(O)O)P(=O)(O)O. The molecule has 10 heteroatoms. The molecule has 0 bridgehead atoms. The highest BCUT2D eigenvalue weighted by Gasteiger charge is 2.50. The molecule has 0 amide bonds. The monoisotopic (exact) mass is 320 g/mol. The quantitative estimate of drug-likeness (QED) is 0.232. The Morgan fingerprint density at radius 3 is 1.84 bits per heavy atom. The summed E-state index contributed by atoms with van der Waals surface area (Å²) in [6.45, 7) is 2.04. The highest BCUT2D eigenvalue weighted by Crippen LogP contribution is 2.58. The number of phosphoric ester groups is 1. The zero-order valence-electron chi connectivity index (χ0n) is 10.8. The number of unbranched alkanes of at least 4 members (excludes halogenated alkanes) is 5. The molecule has 0 aliphatic rings. The van der Waals surface area contributed by atoms with Crippen molar-refractivity contribution >= 4 is 15.4 Å². The molecule has 0 radical (unpaired) electrons. The molecule has 0 aromatic heterocycles. The predicted molar refractivity (Wildman–Crippen MR) is 68.1 cm³/mol. The van der Waals surface area contributed by atoms with Gasteiger partial charge in [-0.2, -0.15) is 0 Å². The van der Waals surface area contributed by atoms with E-state index >= 15 is 0 Å². The first-order chi connectivity index (χ1) is 8.52. The predicted octanol–water partition coefficient (Wildman–Crippen LogP) is 1.67. The van der Waals surface area contributed by atoms with Crippen LogP contribution in [0, 0.1) is 0 Å². The molecule has 0 aromatic carbocycles. The summed E-state index contributed by atoms with van der Waals surface area (Å²) in [5.41, 5.74) is -3.13. The molecule has 0 aliphatic heterocycles. The molecule has 1 atom stereocenters. The summed E-state index contributed by atoms with van der Waals surface area (Å²) in [5.74, 6) is 0. The Labute approximate surface area is 112 Å². The van der Waals surface area contributed by atoms with Crippen molar-refractivity contribution < 1.29 is 38.3 Å². The Bertz CT molecular complexity index is 348. The number of hydrogen-bond acceptors (Lipinski definition) is 4. The molecule has 8 nitrogen and oxygen atoms in total. The molecule has 0 saturated carbocycles. The third kappa shape index (κ3) is 8.17. The van der Waals surface area contributed by atoms with Gasteiger partial charge in [-0.25, -0.2) is 9.09 Å². The van der Waals surface area contributed by atoms with E-state index in [1.54, 1.807) is 0 Å². The maximum atomic E-state index is 11.1. The summed E-state index contributed by atoms with van der Waals surface area (Å²) in [5, 5.41) is 9.61. The Morgan fingerprint density at radius 1 is 0.947 bits per heavy atom. The van der Waals surface area contributed by atoms with E-state index in [-0.39, 0.29) is 6.42 Å². The average molecular weight is 320 g/mol. The minimum Gasteiger partial charge on any atom is -0.356 e. The highest BCUT2D eigenvalue weighted by atomic mass is 31.2. The first kappa shape index (κ1) is 19.2. The normalized spacial score (nSPS) is 16.3. The summed E-state index contributed by atoms with van der Waals surface area (Å²) in [6.07, 6.45) is 4.13. The molecule has 0 fully saturated rings. The van der Waals surface area contributed by atoms with Gasteiger partial charge in [-0.05, 0) is 6.42 Å². The van der Waals surface area contributed by atoms with Crippen molar-refractivity contribution in [2.75, 3.05) is 0 Å².